The molecule has 1 aromatic carbocycles. The van der Waals surface area contributed by atoms with E-state index < -0.39 is 5.91 Å². The van der Waals surface area contributed by atoms with E-state index in [0.29, 0.717) is 21.8 Å². The quantitative estimate of drug-likeness (QED) is 0.535. The first-order valence-corrected chi connectivity index (χ1v) is 9.44. The van der Waals surface area contributed by atoms with E-state index in [1.807, 2.05) is 25.1 Å². The van der Waals surface area contributed by atoms with Crippen LogP contribution >= 0.6 is 23.4 Å². The van der Waals surface area contributed by atoms with Crippen molar-refractivity contribution in [3.63, 3.8) is 0 Å². The number of thioether (sulfide) groups is 1. The van der Waals surface area contributed by atoms with Crippen LogP contribution in [0, 0.1) is 6.92 Å². The maximum absolute atomic E-state index is 11.2. The van der Waals surface area contributed by atoms with Gasteiger partial charge in [0, 0.05) is 16.0 Å². The number of amides is 1. The smallest absolute Gasteiger partial charge is 0.228 e. The molecule has 5 N–H and O–H groups in total. The van der Waals surface area contributed by atoms with E-state index in [1.54, 1.807) is 13.0 Å². The van der Waals surface area contributed by atoms with Crippen LogP contribution in [-0.4, -0.2) is 31.6 Å². The maximum Gasteiger partial charge on any atom is 0.228 e. The lowest BCUT2D eigenvalue weighted by molar-refractivity contribution is -0.115. The summed E-state index contributed by atoms with van der Waals surface area (Å²) in [6.07, 6.45) is 0. The number of nitrogens with one attached hydrogen (secondary N) is 1. The van der Waals surface area contributed by atoms with E-state index in [1.165, 1.54) is 11.8 Å². The fourth-order valence-electron chi connectivity index (χ4n) is 2.55. The van der Waals surface area contributed by atoms with Crippen LogP contribution in [0.1, 0.15) is 24.4 Å². The second-order valence-electron chi connectivity index (χ2n) is 5.91. The van der Waals surface area contributed by atoms with Crippen molar-refractivity contribution in [1.82, 2.24) is 19.9 Å². The number of hydrogen-bond acceptors (Lipinski definition) is 8. The number of nitrogen functional groups attached to an aromatic ring is 1. The predicted octanol–water partition coefficient (Wildman–Crippen LogP) is 2.71. The molecule has 0 saturated carbocycles. The molecule has 3 rings (SSSR count). The molecule has 10 heteroatoms. The predicted molar refractivity (Wildman–Crippen MR) is 108 cm³/mol. The summed E-state index contributed by atoms with van der Waals surface area (Å²) in [6, 6.07) is 7.22. The molecule has 0 saturated heterocycles. The number of halogens is 1. The minimum Gasteiger partial charge on any atom is -0.369 e. The molecule has 1 amide bonds. The Kier molecular flexibility index (Phi) is 5.62. The van der Waals surface area contributed by atoms with E-state index in [4.69, 9.17) is 23.1 Å². The molecule has 8 nitrogen and oxygen atoms in total. The van der Waals surface area contributed by atoms with E-state index in [9.17, 15) is 4.79 Å². The topological polar surface area (TPSA) is 133 Å². The summed E-state index contributed by atoms with van der Waals surface area (Å²) >= 11 is 7.39. The van der Waals surface area contributed by atoms with Crippen LogP contribution < -0.4 is 16.8 Å². The first kappa shape index (κ1) is 19.1. The molecular formula is C17H18ClN7OS. The van der Waals surface area contributed by atoms with Crippen LogP contribution in [0.5, 0.6) is 0 Å². The molecule has 0 aliphatic carbocycles. The van der Waals surface area contributed by atoms with E-state index in [2.05, 4.69) is 25.3 Å². The molecule has 2 heterocycles. The molecule has 0 spiro atoms. The summed E-state index contributed by atoms with van der Waals surface area (Å²) in [5.41, 5.74) is 12.6. The molecule has 2 aromatic heterocycles. The van der Waals surface area contributed by atoms with Crippen molar-refractivity contribution in [2.45, 2.75) is 24.9 Å². The van der Waals surface area contributed by atoms with Gasteiger partial charge in [0.25, 0.3) is 0 Å². The number of carbonyl (C=O) groups is 1. The Morgan fingerprint density at radius 3 is 2.74 bits per heavy atom. The van der Waals surface area contributed by atoms with Crippen molar-refractivity contribution < 1.29 is 4.79 Å². The van der Waals surface area contributed by atoms with Crippen molar-refractivity contribution in [3.8, 4) is 0 Å². The van der Waals surface area contributed by atoms with Gasteiger partial charge in [0.05, 0.1) is 17.3 Å². The third-order valence-corrected chi connectivity index (χ3v) is 4.96. The number of hydrogen-bond donors (Lipinski definition) is 3. The number of benzene rings is 1. The van der Waals surface area contributed by atoms with Crippen molar-refractivity contribution in [2.24, 2.45) is 5.73 Å². The number of primary amides is 1. The third-order valence-electron chi connectivity index (χ3n) is 3.70. The van der Waals surface area contributed by atoms with Gasteiger partial charge in [0.15, 0.2) is 0 Å². The van der Waals surface area contributed by atoms with Gasteiger partial charge in [-0.2, -0.15) is 15.0 Å². The lowest BCUT2D eigenvalue weighted by Crippen LogP contribution is -2.15. The van der Waals surface area contributed by atoms with Gasteiger partial charge in [-0.1, -0.05) is 23.4 Å². The lowest BCUT2D eigenvalue weighted by atomic mass is 10.1. The molecule has 140 valence electrons. The first-order valence-electron chi connectivity index (χ1n) is 8.08. The van der Waals surface area contributed by atoms with Gasteiger partial charge < -0.3 is 16.8 Å². The molecular weight excluding hydrogens is 386 g/mol. The summed E-state index contributed by atoms with van der Waals surface area (Å²) in [7, 11) is 0. The normalized spacial score (nSPS) is 12.1. The molecule has 0 bridgehead atoms. The van der Waals surface area contributed by atoms with E-state index in [0.717, 1.165) is 16.5 Å². The molecule has 0 aliphatic rings. The number of anilines is 2. The van der Waals surface area contributed by atoms with Crippen LogP contribution in [0.4, 0.5) is 11.9 Å². The Bertz CT molecular complexity index is 994. The second kappa shape index (κ2) is 7.93. The summed E-state index contributed by atoms with van der Waals surface area (Å²) in [5, 5.41) is 5.41. The SMILES string of the molecule is Cc1nc(N)nc(NC(C)c2cc3cc(Cl)ccc3nc2SCC(N)=O)n1. The van der Waals surface area contributed by atoms with Gasteiger partial charge in [0.1, 0.15) is 10.9 Å². The molecule has 3 aromatic rings. The Morgan fingerprint density at radius 1 is 1.26 bits per heavy atom. The molecule has 0 radical (unpaired) electrons. The molecule has 1 atom stereocenters. The Balaban J connectivity index is 2.00. The van der Waals surface area contributed by atoms with Gasteiger partial charge in [0.2, 0.25) is 17.8 Å². The Labute approximate surface area is 165 Å². The number of aromatic nitrogens is 4. The average Bonchev–Trinajstić information content (AvgIpc) is 2.58. The van der Waals surface area contributed by atoms with Crippen molar-refractivity contribution in [1.29, 1.82) is 0 Å². The van der Waals surface area contributed by atoms with Gasteiger partial charge in [-0.05, 0) is 38.1 Å². The number of carbonyl (C=O) groups excluding carboxylic acids is 1. The fourth-order valence-corrected chi connectivity index (χ4v) is 3.57. The van der Waals surface area contributed by atoms with Crippen LogP contribution in [0.15, 0.2) is 29.3 Å². The molecule has 0 fully saturated rings. The number of nitrogens with two attached hydrogens (primary N) is 2. The summed E-state index contributed by atoms with van der Waals surface area (Å²) in [6.45, 7) is 3.68. The number of rotatable bonds is 6. The zero-order chi connectivity index (χ0) is 19.6. The highest BCUT2D eigenvalue weighted by atomic mass is 35.5. The van der Waals surface area contributed by atoms with Crippen molar-refractivity contribution in [3.05, 3.63) is 40.7 Å². The van der Waals surface area contributed by atoms with Crippen LogP contribution in [0.2, 0.25) is 5.02 Å². The summed E-state index contributed by atoms with van der Waals surface area (Å²) < 4.78 is 0. The van der Waals surface area contributed by atoms with Crippen molar-refractivity contribution in [2.75, 3.05) is 16.8 Å². The van der Waals surface area contributed by atoms with Gasteiger partial charge in [-0.15, -0.1) is 0 Å². The highest BCUT2D eigenvalue weighted by Gasteiger charge is 2.16. The minimum atomic E-state index is -0.412. The summed E-state index contributed by atoms with van der Waals surface area (Å²) in [4.78, 5) is 28.2. The first-order chi connectivity index (χ1) is 12.8. The Morgan fingerprint density at radius 2 is 2.04 bits per heavy atom. The largest absolute Gasteiger partial charge is 0.369 e. The highest BCUT2D eigenvalue weighted by Crippen LogP contribution is 2.31. The maximum atomic E-state index is 11.2. The standard InChI is InChI=1S/C17H18ClN7OS/c1-8(21-17-23-9(2)22-16(20)25-17)12-6-10-5-11(18)3-4-13(10)24-15(12)27-7-14(19)26/h3-6,8H,7H2,1-2H3,(H2,19,26)(H3,20,21,22,23,25). The zero-order valence-electron chi connectivity index (χ0n) is 14.7. The van der Waals surface area contributed by atoms with Crippen LogP contribution in [0.25, 0.3) is 10.9 Å². The zero-order valence-corrected chi connectivity index (χ0v) is 16.3. The lowest BCUT2D eigenvalue weighted by Gasteiger charge is -2.18. The molecule has 1 unspecified atom stereocenters. The van der Waals surface area contributed by atoms with Crippen LogP contribution in [0.3, 0.4) is 0 Å². The van der Waals surface area contributed by atoms with Gasteiger partial charge >= 0.3 is 0 Å². The fraction of sp³-hybridized carbons (Fsp3) is 0.235. The summed E-state index contributed by atoms with van der Waals surface area (Å²) in [5.74, 6) is 0.742. The monoisotopic (exact) mass is 403 g/mol. The Hall–Kier alpha value is -2.65. The average molecular weight is 404 g/mol. The minimum absolute atomic E-state index is 0.129. The number of nitrogens with zero attached hydrogens (tertiary/aromatic N) is 4. The molecule has 0 aliphatic heterocycles. The van der Waals surface area contributed by atoms with E-state index >= 15 is 0 Å². The number of fused-ring (bicyclic) bond motifs is 1. The molecule has 27 heavy (non-hydrogen) atoms. The van der Waals surface area contributed by atoms with Crippen molar-refractivity contribution >= 4 is 52.1 Å². The highest BCUT2D eigenvalue weighted by molar-refractivity contribution is 7.99. The van der Waals surface area contributed by atoms with Gasteiger partial charge in [-0.3, -0.25) is 4.79 Å². The van der Waals surface area contributed by atoms with E-state index in [-0.39, 0.29) is 17.7 Å². The number of aryl methyl sites for hydroxylation is 1. The van der Waals surface area contributed by atoms with Gasteiger partial charge in [-0.25, -0.2) is 4.98 Å². The third kappa shape index (κ3) is 4.75. The second-order valence-corrected chi connectivity index (χ2v) is 7.31. The van der Waals surface area contributed by atoms with Crippen LogP contribution in [-0.2, 0) is 4.79 Å². The number of pyridine rings is 1.